The van der Waals surface area contributed by atoms with E-state index in [4.69, 9.17) is 11.6 Å². The molecular formula is C13H14BrClN2O. The second kappa shape index (κ2) is 4.82. The van der Waals surface area contributed by atoms with Crippen LogP contribution < -0.4 is 0 Å². The van der Waals surface area contributed by atoms with Crippen LogP contribution in [0.15, 0.2) is 16.7 Å². The molecule has 1 saturated carbocycles. The van der Waals surface area contributed by atoms with Crippen molar-refractivity contribution in [3.63, 3.8) is 0 Å². The quantitative estimate of drug-likeness (QED) is 0.740. The average molecular weight is 330 g/mol. The molecule has 0 bridgehead atoms. The van der Waals surface area contributed by atoms with E-state index in [-0.39, 0.29) is 5.91 Å². The summed E-state index contributed by atoms with van der Waals surface area (Å²) in [6.07, 6.45) is 5.45. The highest BCUT2D eigenvalue weighted by Crippen LogP contribution is 2.38. The number of amides is 1. The fraction of sp³-hybridized carbons (Fsp3) is 0.538. The highest BCUT2D eigenvalue weighted by atomic mass is 79.9. The highest BCUT2D eigenvalue weighted by molar-refractivity contribution is 9.10. The summed E-state index contributed by atoms with van der Waals surface area (Å²) in [6.45, 7) is 1.76. The molecule has 18 heavy (non-hydrogen) atoms. The van der Waals surface area contributed by atoms with E-state index >= 15 is 0 Å². The number of likely N-dealkylation sites (tertiary alicyclic amines) is 1. The van der Waals surface area contributed by atoms with E-state index in [0.29, 0.717) is 22.6 Å². The van der Waals surface area contributed by atoms with E-state index in [1.807, 2.05) is 4.90 Å². The van der Waals surface area contributed by atoms with Crippen molar-refractivity contribution in [1.82, 2.24) is 9.88 Å². The van der Waals surface area contributed by atoms with E-state index in [0.717, 1.165) is 17.6 Å². The Labute approximate surface area is 120 Å². The molecule has 0 aromatic carbocycles. The topological polar surface area (TPSA) is 33.2 Å². The summed E-state index contributed by atoms with van der Waals surface area (Å²) >= 11 is 9.34. The molecule has 1 aromatic rings. The second-order valence-corrected chi connectivity index (χ2v) is 6.43. The fourth-order valence-electron chi connectivity index (χ4n) is 3.14. The zero-order valence-corrected chi connectivity index (χ0v) is 12.2. The summed E-state index contributed by atoms with van der Waals surface area (Å²) in [5, 5.41) is 0.292. The molecule has 2 unspecified atom stereocenters. The Bertz CT molecular complexity index is 482. The maximum atomic E-state index is 12.4. The summed E-state index contributed by atoms with van der Waals surface area (Å²) in [7, 11) is 0. The van der Waals surface area contributed by atoms with Crippen molar-refractivity contribution < 1.29 is 4.79 Å². The Kier molecular flexibility index (Phi) is 3.32. The van der Waals surface area contributed by atoms with Gasteiger partial charge in [-0.3, -0.25) is 4.79 Å². The molecule has 1 aliphatic heterocycles. The molecule has 2 atom stereocenters. The molecule has 2 heterocycles. The molecule has 1 aliphatic carbocycles. The first kappa shape index (κ1) is 12.4. The third-order valence-corrected chi connectivity index (χ3v) is 4.78. The minimum Gasteiger partial charge on any atom is -0.338 e. The largest absolute Gasteiger partial charge is 0.338 e. The predicted octanol–water partition coefficient (Wildman–Crippen LogP) is 3.37. The number of nitrogens with zero attached hydrogens (tertiary/aromatic N) is 2. The molecule has 1 saturated heterocycles. The molecule has 5 heteroatoms. The van der Waals surface area contributed by atoms with Gasteiger partial charge in [-0.15, -0.1) is 0 Å². The van der Waals surface area contributed by atoms with Crippen molar-refractivity contribution in [3.8, 4) is 0 Å². The van der Waals surface area contributed by atoms with Crippen LogP contribution in [0.4, 0.5) is 0 Å². The van der Waals surface area contributed by atoms with Crippen molar-refractivity contribution in [2.75, 3.05) is 13.1 Å². The van der Waals surface area contributed by atoms with Gasteiger partial charge in [0.15, 0.2) is 0 Å². The first-order chi connectivity index (χ1) is 8.65. The maximum Gasteiger partial charge on any atom is 0.257 e. The van der Waals surface area contributed by atoms with E-state index in [1.54, 1.807) is 12.3 Å². The van der Waals surface area contributed by atoms with E-state index < -0.39 is 0 Å². The molecule has 1 aromatic heterocycles. The van der Waals surface area contributed by atoms with Gasteiger partial charge in [-0.25, -0.2) is 4.98 Å². The van der Waals surface area contributed by atoms with Crippen LogP contribution in [0.3, 0.4) is 0 Å². The fourth-order valence-corrected chi connectivity index (χ4v) is 3.66. The molecule has 0 radical (unpaired) electrons. The van der Waals surface area contributed by atoms with Gasteiger partial charge in [0.25, 0.3) is 5.91 Å². The lowest BCUT2D eigenvalue weighted by Crippen LogP contribution is -2.29. The van der Waals surface area contributed by atoms with Gasteiger partial charge in [0.2, 0.25) is 0 Å². The molecule has 0 N–H and O–H groups in total. The lowest BCUT2D eigenvalue weighted by atomic mass is 10.0. The summed E-state index contributed by atoms with van der Waals surface area (Å²) in [5.74, 6) is 1.42. The predicted molar refractivity (Wildman–Crippen MR) is 73.7 cm³/mol. The molecule has 96 valence electrons. The van der Waals surface area contributed by atoms with E-state index in [9.17, 15) is 4.79 Å². The van der Waals surface area contributed by atoms with Crippen molar-refractivity contribution in [2.45, 2.75) is 19.3 Å². The van der Waals surface area contributed by atoms with Gasteiger partial charge in [0, 0.05) is 23.8 Å². The summed E-state index contributed by atoms with van der Waals surface area (Å²) in [5.41, 5.74) is 0.506. The van der Waals surface area contributed by atoms with Gasteiger partial charge >= 0.3 is 0 Å². The number of aromatic nitrogens is 1. The normalized spacial score (nSPS) is 26.4. The molecular weight excluding hydrogens is 316 g/mol. The second-order valence-electron chi connectivity index (χ2n) is 5.15. The van der Waals surface area contributed by atoms with Crippen molar-refractivity contribution in [3.05, 3.63) is 27.5 Å². The summed E-state index contributed by atoms with van der Waals surface area (Å²) in [6, 6.07) is 1.76. The Hall–Kier alpha value is -0.610. The third kappa shape index (κ3) is 2.16. The zero-order valence-electron chi connectivity index (χ0n) is 9.90. The molecule has 0 spiro atoms. The van der Waals surface area contributed by atoms with Crippen LogP contribution in [0, 0.1) is 11.8 Å². The number of rotatable bonds is 1. The van der Waals surface area contributed by atoms with E-state index in [1.165, 1.54) is 19.3 Å². The number of halogens is 2. The van der Waals surface area contributed by atoms with Gasteiger partial charge in [-0.1, -0.05) is 18.0 Å². The van der Waals surface area contributed by atoms with Crippen molar-refractivity contribution >= 4 is 33.4 Å². The number of carbonyl (C=O) groups is 1. The lowest BCUT2D eigenvalue weighted by molar-refractivity contribution is 0.0780. The standard InChI is InChI=1S/C13H14BrClN2O/c14-10-4-11(12(15)16-5-10)13(18)17-6-8-2-1-3-9(8)7-17/h4-5,8-9H,1-3,6-7H2. The van der Waals surface area contributed by atoms with E-state index in [2.05, 4.69) is 20.9 Å². The van der Waals surface area contributed by atoms with Gasteiger partial charge in [-0.2, -0.15) is 0 Å². The molecule has 2 aliphatic rings. The maximum absolute atomic E-state index is 12.4. The van der Waals surface area contributed by atoms with Crippen molar-refractivity contribution in [2.24, 2.45) is 11.8 Å². The molecule has 2 fully saturated rings. The third-order valence-electron chi connectivity index (χ3n) is 4.05. The first-order valence-corrected chi connectivity index (χ1v) is 7.42. The average Bonchev–Trinajstić information content (AvgIpc) is 2.91. The lowest BCUT2D eigenvalue weighted by Gasteiger charge is -2.17. The van der Waals surface area contributed by atoms with Crippen LogP contribution in [0.5, 0.6) is 0 Å². The smallest absolute Gasteiger partial charge is 0.257 e. The van der Waals surface area contributed by atoms with Gasteiger partial charge < -0.3 is 4.90 Å². The summed E-state index contributed by atoms with van der Waals surface area (Å²) in [4.78, 5) is 18.4. The van der Waals surface area contributed by atoms with Gasteiger partial charge in [0.1, 0.15) is 5.15 Å². The van der Waals surface area contributed by atoms with Gasteiger partial charge in [-0.05, 0) is 46.7 Å². The SMILES string of the molecule is O=C(c1cc(Br)cnc1Cl)N1CC2CCCC2C1. The Morgan fingerprint density at radius 2 is 2.06 bits per heavy atom. The van der Waals surface area contributed by atoms with Crippen LogP contribution in [-0.4, -0.2) is 28.9 Å². The Balaban J connectivity index is 1.81. The Morgan fingerprint density at radius 3 is 2.72 bits per heavy atom. The number of fused-ring (bicyclic) bond motifs is 1. The van der Waals surface area contributed by atoms with Crippen molar-refractivity contribution in [1.29, 1.82) is 0 Å². The zero-order chi connectivity index (χ0) is 12.7. The minimum absolute atomic E-state index is 0.0169. The minimum atomic E-state index is 0.0169. The number of pyridine rings is 1. The Morgan fingerprint density at radius 1 is 1.39 bits per heavy atom. The molecule has 1 amide bonds. The number of hydrogen-bond acceptors (Lipinski definition) is 2. The monoisotopic (exact) mass is 328 g/mol. The van der Waals surface area contributed by atoms with Crippen LogP contribution >= 0.6 is 27.5 Å². The number of hydrogen-bond donors (Lipinski definition) is 0. The van der Waals surface area contributed by atoms with Crippen LogP contribution in [-0.2, 0) is 0 Å². The molecule has 3 rings (SSSR count). The number of carbonyl (C=O) groups excluding carboxylic acids is 1. The summed E-state index contributed by atoms with van der Waals surface area (Å²) < 4.78 is 0.787. The van der Waals surface area contributed by atoms with Gasteiger partial charge in [0.05, 0.1) is 5.56 Å². The van der Waals surface area contributed by atoms with Crippen LogP contribution in [0.2, 0.25) is 5.15 Å². The highest BCUT2D eigenvalue weighted by Gasteiger charge is 2.38. The van der Waals surface area contributed by atoms with Crippen LogP contribution in [0.25, 0.3) is 0 Å². The molecule has 3 nitrogen and oxygen atoms in total. The first-order valence-electron chi connectivity index (χ1n) is 6.25. The van der Waals surface area contributed by atoms with Crippen LogP contribution in [0.1, 0.15) is 29.6 Å².